The molecule has 0 saturated carbocycles. The van der Waals surface area contributed by atoms with Crippen LogP contribution in [0.25, 0.3) is 10.9 Å². The Hall–Kier alpha value is -2.54. The maximum Gasteiger partial charge on any atom is 0.328 e. The largest absolute Gasteiger partial charge is 0.328 e. The summed E-state index contributed by atoms with van der Waals surface area (Å²) >= 11 is 0. The van der Waals surface area contributed by atoms with Crippen molar-refractivity contribution in [2.75, 3.05) is 24.5 Å². The molecular formula is C21H25FN4O2. The van der Waals surface area contributed by atoms with Crippen LogP contribution in [0.5, 0.6) is 0 Å². The third kappa shape index (κ3) is 3.13. The normalized spacial score (nSPS) is 22.4. The Labute approximate surface area is 163 Å². The quantitative estimate of drug-likeness (QED) is 0.834. The van der Waals surface area contributed by atoms with Gasteiger partial charge in [0.05, 0.1) is 16.9 Å². The molecule has 1 aromatic heterocycles. The van der Waals surface area contributed by atoms with Crippen LogP contribution < -0.4 is 15.5 Å². The van der Waals surface area contributed by atoms with E-state index in [0.717, 1.165) is 19.5 Å². The van der Waals surface area contributed by atoms with Crippen molar-refractivity contribution in [3.05, 3.63) is 35.3 Å². The van der Waals surface area contributed by atoms with Gasteiger partial charge in [0.1, 0.15) is 5.82 Å². The van der Waals surface area contributed by atoms with Gasteiger partial charge in [0.25, 0.3) is 0 Å². The molecule has 1 atom stereocenters. The molecule has 2 aliphatic rings. The second kappa shape index (κ2) is 6.81. The van der Waals surface area contributed by atoms with E-state index in [2.05, 4.69) is 29.5 Å². The number of nitrogens with one attached hydrogen (secondary N) is 2. The van der Waals surface area contributed by atoms with Gasteiger partial charge in [-0.2, -0.15) is 0 Å². The molecule has 148 valence electrons. The Kier molecular flexibility index (Phi) is 4.57. The summed E-state index contributed by atoms with van der Waals surface area (Å²) in [7, 11) is 0. The summed E-state index contributed by atoms with van der Waals surface area (Å²) in [5.41, 5.74) is 2.39. The number of hydrogen-bond acceptors (Lipinski definition) is 4. The number of carbonyl (C=O) groups excluding carboxylic acids is 2. The molecule has 6 nitrogen and oxygen atoms in total. The van der Waals surface area contributed by atoms with Crippen LogP contribution in [0.1, 0.15) is 43.9 Å². The fraction of sp³-hybridized carbons (Fsp3) is 0.476. The lowest BCUT2D eigenvalue weighted by molar-refractivity contribution is -0.120. The zero-order valence-electron chi connectivity index (χ0n) is 16.4. The molecule has 0 spiro atoms. The van der Waals surface area contributed by atoms with Gasteiger partial charge in [-0.3, -0.25) is 20.0 Å². The van der Waals surface area contributed by atoms with Crippen molar-refractivity contribution in [1.82, 2.24) is 15.6 Å². The van der Waals surface area contributed by atoms with E-state index in [1.54, 1.807) is 13.0 Å². The van der Waals surface area contributed by atoms with Gasteiger partial charge >= 0.3 is 6.03 Å². The van der Waals surface area contributed by atoms with Gasteiger partial charge in [0.15, 0.2) is 0 Å². The zero-order chi connectivity index (χ0) is 20.1. The Morgan fingerprint density at radius 3 is 2.79 bits per heavy atom. The van der Waals surface area contributed by atoms with Crippen LogP contribution >= 0.6 is 0 Å². The van der Waals surface area contributed by atoms with Crippen LogP contribution in [-0.4, -0.2) is 36.6 Å². The van der Waals surface area contributed by atoms with Crippen molar-refractivity contribution in [2.45, 2.75) is 39.5 Å². The zero-order valence-corrected chi connectivity index (χ0v) is 16.4. The number of nitrogens with zero attached hydrogens (tertiary/aromatic N) is 2. The van der Waals surface area contributed by atoms with Crippen LogP contribution in [0.15, 0.2) is 18.2 Å². The van der Waals surface area contributed by atoms with Crippen molar-refractivity contribution < 1.29 is 14.0 Å². The number of halogens is 1. The van der Waals surface area contributed by atoms with Crippen molar-refractivity contribution >= 4 is 28.5 Å². The highest BCUT2D eigenvalue weighted by Gasteiger charge is 2.35. The molecule has 0 aliphatic carbocycles. The molecule has 28 heavy (non-hydrogen) atoms. The second-order valence-corrected chi connectivity index (χ2v) is 8.39. The van der Waals surface area contributed by atoms with Crippen LogP contribution in [0.4, 0.5) is 14.9 Å². The lowest BCUT2D eigenvalue weighted by Gasteiger charge is -2.39. The number of pyridine rings is 1. The summed E-state index contributed by atoms with van der Waals surface area (Å²) < 4.78 is 15.6. The Balaban J connectivity index is 1.80. The standard InChI is InChI=1S/C21H25FN4O2/c1-12-17(26-9-7-18(27)25-20(26)28)10-14-16(24-12)5-4-13(19(14)22)15-6-8-23-11-21(15,2)3/h4-5,10,15,23H,6-9,11H2,1-3H3,(H,25,27,28). The maximum absolute atomic E-state index is 15.6. The van der Waals surface area contributed by atoms with Gasteiger partial charge in [-0.15, -0.1) is 0 Å². The third-order valence-electron chi connectivity index (χ3n) is 5.98. The number of benzene rings is 1. The van der Waals surface area contributed by atoms with Crippen LogP contribution in [0.2, 0.25) is 0 Å². The van der Waals surface area contributed by atoms with Crippen LogP contribution in [-0.2, 0) is 4.79 Å². The van der Waals surface area contributed by atoms with Gasteiger partial charge < -0.3 is 5.32 Å². The predicted octanol–water partition coefficient (Wildman–Crippen LogP) is 3.23. The van der Waals surface area contributed by atoms with E-state index in [1.807, 2.05) is 12.1 Å². The number of amides is 3. The summed E-state index contributed by atoms with van der Waals surface area (Å²) in [4.78, 5) is 29.7. The first-order valence-corrected chi connectivity index (χ1v) is 9.70. The fourth-order valence-corrected chi connectivity index (χ4v) is 4.40. The Bertz CT molecular complexity index is 973. The van der Waals surface area contributed by atoms with E-state index < -0.39 is 6.03 Å². The molecule has 7 heteroatoms. The first-order valence-electron chi connectivity index (χ1n) is 9.70. The molecule has 0 bridgehead atoms. The van der Waals surface area contributed by atoms with Gasteiger partial charge in [-0.1, -0.05) is 19.9 Å². The van der Waals surface area contributed by atoms with E-state index in [-0.39, 0.29) is 36.0 Å². The molecule has 2 fully saturated rings. The van der Waals surface area contributed by atoms with Crippen molar-refractivity contribution in [1.29, 1.82) is 0 Å². The highest BCUT2D eigenvalue weighted by atomic mass is 19.1. The summed E-state index contributed by atoms with van der Waals surface area (Å²) in [6.07, 6.45) is 1.09. The minimum Gasteiger partial charge on any atom is -0.316 e. The van der Waals surface area contributed by atoms with Crippen LogP contribution in [0, 0.1) is 18.2 Å². The molecule has 2 N–H and O–H groups in total. The monoisotopic (exact) mass is 384 g/mol. The molecule has 2 saturated heterocycles. The summed E-state index contributed by atoms with van der Waals surface area (Å²) in [5, 5.41) is 6.11. The SMILES string of the molecule is Cc1nc2ccc(C3CCNCC3(C)C)c(F)c2cc1N1CCC(=O)NC1=O. The number of aromatic nitrogens is 1. The average molecular weight is 384 g/mol. The van der Waals surface area contributed by atoms with E-state index in [1.165, 1.54) is 4.90 Å². The van der Waals surface area contributed by atoms with E-state index in [0.29, 0.717) is 27.8 Å². The summed E-state index contributed by atoms with van der Waals surface area (Å²) in [6.45, 7) is 8.07. The third-order valence-corrected chi connectivity index (χ3v) is 5.98. The predicted molar refractivity (Wildman–Crippen MR) is 106 cm³/mol. The van der Waals surface area contributed by atoms with E-state index in [4.69, 9.17) is 0 Å². The van der Waals surface area contributed by atoms with Crippen molar-refractivity contribution in [3.63, 3.8) is 0 Å². The molecule has 1 unspecified atom stereocenters. The highest BCUT2D eigenvalue weighted by Crippen LogP contribution is 2.42. The topological polar surface area (TPSA) is 74.3 Å². The highest BCUT2D eigenvalue weighted by molar-refractivity contribution is 6.06. The van der Waals surface area contributed by atoms with Crippen LogP contribution in [0.3, 0.4) is 0 Å². The van der Waals surface area contributed by atoms with E-state index in [9.17, 15) is 9.59 Å². The van der Waals surface area contributed by atoms with Crippen molar-refractivity contribution in [2.24, 2.45) is 5.41 Å². The molecule has 2 aliphatic heterocycles. The number of anilines is 1. The Morgan fingerprint density at radius 1 is 1.29 bits per heavy atom. The number of hydrogen-bond donors (Lipinski definition) is 2. The minimum atomic E-state index is -0.489. The van der Waals surface area contributed by atoms with Gasteiger partial charge in [0, 0.05) is 24.9 Å². The maximum atomic E-state index is 15.6. The number of piperidine rings is 1. The number of urea groups is 1. The molecule has 1 aromatic carbocycles. The number of fused-ring (bicyclic) bond motifs is 1. The average Bonchev–Trinajstić information content (AvgIpc) is 2.63. The number of carbonyl (C=O) groups is 2. The summed E-state index contributed by atoms with van der Waals surface area (Å²) in [5.74, 6) is -0.451. The first kappa shape index (κ1) is 18.8. The molecule has 2 aromatic rings. The van der Waals surface area contributed by atoms with Gasteiger partial charge in [-0.05, 0) is 48.9 Å². The van der Waals surface area contributed by atoms with Gasteiger partial charge in [-0.25, -0.2) is 9.18 Å². The lowest BCUT2D eigenvalue weighted by atomic mass is 9.71. The van der Waals surface area contributed by atoms with E-state index >= 15 is 4.39 Å². The number of rotatable bonds is 2. The first-order chi connectivity index (χ1) is 13.3. The van der Waals surface area contributed by atoms with Crippen molar-refractivity contribution in [3.8, 4) is 0 Å². The molecule has 0 radical (unpaired) electrons. The summed E-state index contributed by atoms with van der Waals surface area (Å²) in [6, 6.07) is 4.92. The molecule has 3 amide bonds. The second-order valence-electron chi connectivity index (χ2n) is 8.39. The lowest BCUT2D eigenvalue weighted by Crippen LogP contribution is -2.49. The minimum absolute atomic E-state index is 0.0547. The number of aryl methyl sites for hydroxylation is 1. The molecular weight excluding hydrogens is 359 g/mol. The number of imide groups is 1. The molecule has 3 heterocycles. The molecule has 4 rings (SSSR count). The fourth-order valence-electron chi connectivity index (χ4n) is 4.40. The Morgan fingerprint density at radius 2 is 2.07 bits per heavy atom. The van der Waals surface area contributed by atoms with Gasteiger partial charge in [0.2, 0.25) is 5.91 Å². The smallest absolute Gasteiger partial charge is 0.316 e.